The van der Waals surface area contributed by atoms with Crippen molar-refractivity contribution in [3.05, 3.63) is 28.8 Å². The second-order valence-electron chi connectivity index (χ2n) is 4.59. The van der Waals surface area contributed by atoms with Gasteiger partial charge in [0.25, 0.3) is 0 Å². The van der Waals surface area contributed by atoms with Crippen LogP contribution < -0.4 is 10.2 Å². The Morgan fingerprint density at radius 3 is 2.78 bits per heavy atom. The first kappa shape index (κ1) is 15.3. The molecule has 0 amide bonds. The van der Waals surface area contributed by atoms with Crippen LogP contribution in [0.3, 0.4) is 0 Å². The minimum absolute atomic E-state index is 0.0936. The van der Waals surface area contributed by atoms with Crippen molar-refractivity contribution in [3.63, 3.8) is 0 Å². The summed E-state index contributed by atoms with van der Waals surface area (Å²) in [5.41, 5.74) is 2.28. The molecule has 18 heavy (non-hydrogen) atoms. The van der Waals surface area contributed by atoms with Gasteiger partial charge in [0.05, 0.1) is 6.61 Å². The number of nitrogens with one attached hydrogen (secondary N) is 1. The van der Waals surface area contributed by atoms with Gasteiger partial charge in [0.1, 0.15) is 0 Å². The summed E-state index contributed by atoms with van der Waals surface area (Å²) in [7, 11) is 1.99. The van der Waals surface area contributed by atoms with E-state index in [9.17, 15) is 5.11 Å². The van der Waals surface area contributed by atoms with Crippen molar-refractivity contribution in [2.45, 2.75) is 32.9 Å². The van der Waals surface area contributed by atoms with Crippen LogP contribution in [0.15, 0.2) is 18.2 Å². The fourth-order valence-corrected chi connectivity index (χ4v) is 1.99. The molecule has 0 aromatic heterocycles. The standard InChI is InChI=1S/C14H23ClN2O/c1-4-7-16-9-12-8-13(15)5-6-14(12)17(3)11(2)10-18/h5-6,8,11,16,18H,4,7,9-10H2,1-3H3. The molecule has 0 fully saturated rings. The lowest BCUT2D eigenvalue weighted by molar-refractivity contribution is 0.270. The molecule has 0 bridgehead atoms. The van der Waals surface area contributed by atoms with E-state index in [0.717, 1.165) is 30.2 Å². The highest BCUT2D eigenvalue weighted by Gasteiger charge is 2.13. The van der Waals surface area contributed by atoms with Crippen LogP contribution >= 0.6 is 11.6 Å². The highest BCUT2D eigenvalue weighted by molar-refractivity contribution is 6.30. The van der Waals surface area contributed by atoms with E-state index in [2.05, 4.69) is 17.1 Å². The van der Waals surface area contributed by atoms with E-state index in [1.165, 1.54) is 5.56 Å². The van der Waals surface area contributed by atoms with Crippen LogP contribution in [0.2, 0.25) is 5.02 Å². The molecule has 0 saturated heterocycles. The summed E-state index contributed by atoms with van der Waals surface area (Å²) in [6, 6.07) is 5.98. The number of aliphatic hydroxyl groups is 1. The fraction of sp³-hybridized carbons (Fsp3) is 0.571. The van der Waals surface area contributed by atoms with E-state index in [1.54, 1.807) is 0 Å². The zero-order chi connectivity index (χ0) is 13.5. The molecule has 1 atom stereocenters. The number of rotatable bonds is 7. The summed E-state index contributed by atoms with van der Waals surface area (Å²) in [4.78, 5) is 2.08. The number of halogens is 1. The van der Waals surface area contributed by atoms with Gasteiger partial charge in [0.15, 0.2) is 0 Å². The molecule has 0 radical (unpaired) electrons. The third-order valence-electron chi connectivity index (χ3n) is 3.09. The second kappa shape index (κ2) is 7.62. The molecule has 0 saturated carbocycles. The summed E-state index contributed by atoms with van der Waals surface area (Å²) in [5.74, 6) is 0. The van der Waals surface area contributed by atoms with E-state index < -0.39 is 0 Å². The molecular weight excluding hydrogens is 248 g/mol. The molecule has 3 nitrogen and oxygen atoms in total. The first-order valence-electron chi connectivity index (χ1n) is 6.43. The quantitative estimate of drug-likeness (QED) is 0.748. The largest absolute Gasteiger partial charge is 0.394 e. The van der Waals surface area contributed by atoms with Crippen LogP contribution in [-0.4, -0.2) is 31.3 Å². The molecule has 0 spiro atoms. The van der Waals surface area contributed by atoms with Crippen molar-refractivity contribution >= 4 is 17.3 Å². The lowest BCUT2D eigenvalue weighted by Gasteiger charge is -2.28. The predicted octanol–water partition coefficient (Wildman–Crippen LogP) is 2.66. The van der Waals surface area contributed by atoms with Gasteiger partial charge < -0.3 is 15.3 Å². The number of benzene rings is 1. The van der Waals surface area contributed by atoms with E-state index in [-0.39, 0.29) is 12.6 Å². The predicted molar refractivity (Wildman–Crippen MR) is 78.4 cm³/mol. The molecule has 0 aliphatic carbocycles. The van der Waals surface area contributed by atoms with Gasteiger partial charge in [-0.2, -0.15) is 0 Å². The normalized spacial score (nSPS) is 12.5. The Balaban J connectivity index is 2.88. The van der Waals surface area contributed by atoms with Gasteiger partial charge in [-0.1, -0.05) is 18.5 Å². The maximum atomic E-state index is 9.24. The summed E-state index contributed by atoms with van der Waals surface area (Å²) in [6.07, 6.45) is 1.11. The van der Waals surface area contributed by atoms with Crippen molar-refractivity contribution < 1.29 is 5.11 Å². The molecule has 102 valence electrons. The Hall–Kier alpha value is -0.770. The van der Waals surface area contributed by atoms with Gasteiger partial charge in [-0.15, -0.1) is 0 Å². The summed E-state index contributed by atoms with van der Waals surface area (Å²) < 4.78 is 0. The number of anilines is 1. The number of likely N-dealkylation sites (N-methyl/N-ethyl adjacent to an activating group) is 1. The lowest BCUT2D eigenvalue weighted by Crippen LogP contribution is -2.33. The van der Waals surface area contributed by atoms with E-state index >= 15 is 0 Å². The average Bonchev–Trinajstić information content (AvgIpc) is 2.37. The molecule has 2 N–H and O–H groups in total. The van der Waals surface area contributed by atoms with Crippen LogP contribution in [-0.2, 0) is 6.54 Å². The van der Waals surface area contributed by atoms with Crippen molar-refractivity contribution in [1.82, 2.24) is 5.32 Å². The zero-order valence-corrected chi connectivity index (χ0v) is 12.2. The Morgan fingerprint density at radius 2 is 2.17 bits per heavy atom. The van der Waals surface area contributed by atoms with Gasteiger partial charge in [0.2, 0.25) is 0 Å². The van der Waals surface area contributed by atoms with Crippen molar-refractivity contribution in [1.29, 1.82) is 0 Å². The summed E-state index contributed by atoms with van der Waals surface area (Å²) >= 11 is 6.05. The SMILES string of the molecule is CCCNCc1cc(Cl)ccc1N(C)C(C)CO. The first-order chi connectivity index (χ1) is 8.60. The Labute approximate surface area is 115 Å². The van der Waals surface area contributed by atoms with Crippen molar-refractivity contribution in [3.8, 4) is 0 Å². The number of nitrogens with zero attached hydrogens (tertiary/aromatic N) is 1. The summed E-state index contributed by atoms with van der Waals surface area (Å²) in [5, 5.41) is 13.4. The lowest BCUT2D eigenvalue weighted by atomic mass is 10.1. The molecule has 1 aromatic carbocycles. The van der Waals surface area contributed by atoms with Crippen LogP contribution in [0.25, 0.3) is 0 Å². The van der Waals surface area contributed by atoms with Gasteiger partial charge in [-0.05, 0) is 43.7 Å². The average molecular weight is 271 g/mol. The number of aliphatic hydroxyl groups excluding tert-OH is 1. The van der Waals surface area contributed by atoms with Crippen molar-refractivity contribution in [2.24, 2.45) is 0 Å². The number of hydrogen-bond donors (Lipinski definition) is 2. The maximum Gasteiger partial charge on any atom is 0.0632 e. The molecular formula is C14H23ClN2O. The molecule has 4 heteroatoms. The summed E-state index contributed by atoms with van der Waals surface area (Å²) in [6.45, 7) is 6.07. The van der Waals surface area contributed by atoms with Crippen LogP contribution in [0, 0.1) is 0 Å². The van der Waals surface area contributed by atoms with Crippen LogP contribution in [0.4, 0.5) is 5.69 Å². The highest BCUT2D eigenvalue weighted by Crippen LogP contribution is 2.24. The number of hydrogen-bond acceptors (Lipinski definition) is 3. The van der Waals surface area contributed by atoms with Crippen molar-refractivity contribution in [2.75, 3.05) is 25.1 Å². The third-order valence-corrected chi connectivity index (χ3v) is 3.32. The monoisotopic (exact) mass is 270 g/mol. The fourth-order valence-electron chi connectivity index (χ4n) is 1.80. The second-order valence-corrected chi connectivity index (χ2v) is 5.03. The van der Waals surface area contributed by atoms with Crippen LogP contribution in [0.1, 0.15) is 25.8 Å². The molecule has 1 unspecified atom stereocenters. The zero-order valence-electron chi connectivity index (χ0n) is 11.4. The third kappa shape index (κ3) is 4.16. The highest BCUT2D eigenvalue weighted by atomic mass is 35.5. The van der Waals surface area contributed by atoms with E-state index in [4.69, 9.17) is 11.6 Å². The minimum Gasteiger partial charge on any atom is -0.394 e. The van der Waals surface area contributed by atoms with Gasteiger partial charge in [-0.25, -0.2) is 0 Å². The van der Waals surface area contributed by atoms with E-state index in [0.29, 0.717) is 0 Å². The molecule has 0 aliphatic heterocycles. The smallest absolute Gasteiger partial charge is 0.0632 e. The van der Waals surface area contributed by atoms with Gasteiger partial charge >= 0.3 is 0 Å². The van der Waals surface area contributed by atoms with Gasteiger partial charge in [0, 0.05) is 30.3 Å². The topological polar surface area (TPSA) is 35.5 Å². The minimum atomic E-state index is 0.0936. The first-order valence-corrected chi connectivity index (χ1v) is 6.80. The van der Waals surface area contributed by atoms with E-state index in [1.807, 2.05) is 32.2 Å². The molecule has 1 rings (SSSR count). The maximum absolute atomic E-state index is 9.24. The van der Waals surface area contributed by atoms with Gasteiger partial charge in [-0.3, -0.25) is 0 Å². The Morgan fingerprint density at radius 1 is 1.44 bits per heavy atom. The Kier molecular flexibility index (Phi) is 6.47. The molecule has 1 aromatic rings. The molecule has 0 aliphatic rings. The van der Waals surface area contributed by atoms with Crippen LogP contribution in [0.5, 0.6) is 0 Å². The Bertz CT molecular complexity index is 371. The molecule has 0 heterocycles.